The second-order valence-electron chi connectivity index (χ2n) is 10.4. The predicted octanol–water partition coefficient (Wildman–Crippen LogP) is 4.52. The fourth-order valence-electron chi connectivity index (χ4n) is 5.77. The van der Waals surface area contributed by atoms with Gasteiger partial charge in [0, 0.05) is 37.9 Å². The average Bonchev–Trinajstić information content (AvgIpc) is 3.56. The highest BCUT2D eigenvalue weighted by Crippen LogP contribution is 2.52. The van der Waals surface area contributed by atoms with Crippen LogP contribution in [0.15, 0.2) is 77.6 Å². The lowest BCUT2D eigenvalue weighted by Crippen LogP contribution is -2.52. The third-order valence-electron chi connectivity index (χ3n) is 7.95. The summed E-state index contributed by atoms with van der Waals surface area (Å²) in [5.74, 6) is -0.0361. The molecule has 6 rings (SSSR count). The largest absolute Gasteiger partial charge is 0.416 e. The summed E-state index contributed by atoms with van der Waals surface area (Å²) in [7, 11) is -2.47. The van der Waals surface area contributed by atoms with Crippen LogP contribution in [0.5, 0.6) is 0 Å². The van der Waals surface area contributed by atoms with Gasteiger partial charge in [0.1, 0.15) is 17.7 Å². The molecular formula is C28H25F4N5O3S. The lowest BCUT2D eigenvalue weighted by Gasteiger charge is -2.48. The van der Waals surface area contributed by atoms with Gasteiger partial charge < -0.3 is 9.67 Å². The Morgan fingerprint density at radius 2 is 1.78 bits per heavy atom. The molecule has 3 heterocycles. The van der Waals surface area contributed by atoms with E-state index in [0.29, 0.717) is 11.5 Å². The first kappa shape index (κ1) is 27.4. The third-order valence-corrected chi connectivity index (χ3v) is 9.81. The number of aliphatic hydroxyl groups is 1. The number of aliphatic hydroxyl groups excluding tert-OH is 1. The van der Waals surface area contributed by atoms with Crippen LogP contribution < -0.4 is 0 Å². The fraction of sp³-hybridized carbons (Fsp3) is 0.286. The van der Waals surface area contributed by atoms with Crippen molar-refractivity contribution >= 4 is 16.1 Å². The van der Waals surface area contributed by atoms with Gasteiger partial charge in [0.05, 0.1) is 28.0 Å². The van der Waals surface area contributed by atoms with Crippen molar-refractivity contribution in [3.8, 4) is 5.69 Å². The standard InChI is InChI=1S/C28H25F4N5O3S/c1-35-13-11-33-26(35)25(38)27-15-18-16-34-37(22-6-4-21(29)5-7-22)24(18)14-20(27)10-12-36(17-27)41(39,40)23-8-2-19(3-9-23)28(30,31)32/h2-9,11,13-14,16,25,38H,10,12,15,17H2,1H3/t25-,27?/m1/s1. The van der Waals surface area contributed by atoms with Gasteiger partial charge in [-0.2, -0.15) is 22.6 Å². The number of piperidine rings is 1. The molecule has 1 N–H and O–H groups in total. The molecule has 1 aliphatic carbocycles. The first-order chi connectivity index (χ1) is 19.4. The lowest BCUT2D eigenvalue weighted by atomic mass is 9.65. The molecule has 2 aliphatic rings. The van der Waals surface area contributed by atoms with Crippen molar-refractivity contribution in [3.05, 3.63) is 101 Å². The summed E-state index contributed by atoms with van der Waals surface area (Å²) in [5.41, 5.74) is 0.862. The Kier molecular flexibility index (Phi) is 6.43. The molecule has 8 nitrogen and oxygen atoms in total. The van der Waals surface area contributed by atoms with Gasteiger partial charge in [0.2, 0.25) is 10.0 Å². The summed E-state index contributed by atoms with van der Waals surface area (Å²) in [6, 6.07) is 9.27. The molecule has 0 saturated carbocycles. The van der Waals surface area contributed by atoms with Gasteiger partial charge in [0.25, 0.3) is 0 Å². The number of imidazole rings is 1. The maximum atomic E-state index is 13.7. The molecule has 1 fully saturated rings. The predicted molar refractivity (Wildman–Crippen MR) is 141 cm³/mol. The summed E-state index contributed by atoms with van der Waals surface area (Å²) in [5, 5.41) is 16.3. The molecule has 1 unspecified atom stereocenters. The number of rotatable bonds is 5. The van der Waals surface area contributed by atoms with Crippen LogP contribution in [0, 0.1) is 11.2 Å². The van der Waals surface area contributed by atoms with E-state index in [4.69, 9.17) is 0 Å². The van der Waals surface area contributed by atoms with E-state index in [1.54, 1.807) is 47.0 Å². The van der Waals surface area contributed by atoms with Gasteiger partial charge in [0.15, 0.2) is 0 Å². The highest BCUT2D eigenvalue weighted by molar-refractivity contribution is 7.89. The van der Waals surface area contributed by atoms with Gasteiger partial charge in [-0.15, -0.1) is 0 Å². The Balaban J connectivity index is 1.41. The van der Waals surface area contributed by atoms with Crippen LogP contribution in [0.25, 0.3) is 11.8 Å². The molecule has 0 bridgehead atoms. The number of aryl methyl sites for hydroxylation is 1. The molecule has 0 spiro atoms. The first-order valence-electron chi connectivity index (χ1n) is 12.8. The molecular weight excluding hydrogens is 562 g/mol. The summed E-state index contributed by atoms with van der Waals surface area (Å²) >= 11 is 0. The maximum absolute atomic E-state index is 13.7. The molecule has 13 heteroatoms. The van der Waals surface area contributed by atoms with Crippen LogP contribution in [0.1, 0.15) is 35.2 Å². The molecule has 4 aromatic rings. The number of nitrogens with zero attached hydrogens (tertiary/aromatic N) is 5. The van der Waals surface area contributed by atoms with E-state index >= 15 is 0 Å². The molecule has 1 aliphatic heterocycles. The van der Waals surface area contributed by atoms with Crippen LogP contribution in [0.2, 0.25) is 0 Å². The van der Waals surface area contributed by atoms with E-state index in [9.17, 15) is 31.1 Å². The van der Waals surface area contributed by atoms with E-state index in [0.717, 1.165) is 41.1 Å². The number of fused-ring (bicyclic) bond motifs is 2. The van der Waals surface area contributed by atoms with Crippen LogP contribution in [-0.4, -0.2) is 50.3 Å². The zero-order valence-electron chi connectivity index (χ0n) is 21.8. The van der Waals surface area contributed by atoms with Crippen LogP contribution in [0.4, 0.5) is 17.6 Å². The van der Waals surface area contributed by atoms with Gasteiger partial charge in [-0.05, 0) is 73.0 Å². The second-order valence-corrected chi connectivity index (χ2v) is 12.3. The minimum Gasteiger partial charge on any atom is -0.384 e. The summed E-state index contributed by atoms with van der Waals surface area (Å²) in [4.78, 5) is 4.06. The zero-order valence-corrected chi connectivity index (χ0v) is 22.6. The van der Waals surface area contributed by atoms with Crippen molar-refractivity contribution in [1.29, 1.82) is 0 Å². The van der Waals surface area contributed by atoms with Crippen LogP contribution >= 0.6 is 0 Å². The first-order valence-corrected chi connectivity index (χ1v) is 14.2. The van der Waals surface area contributed by atoms with E-state index in [2.05, 4.69) is 10.1 Å². The molecule has 2 atom stereocenters. The molecule has 2 aromatic carbocycles. The quantitative estimate of drug-likeness (QED) is 0.347. The normalized spacial score (nSPS) is 20.3. The lowest BCUT2D eigenvalue weighted by molar-refractivity contribution is -0.137. The van der Waals surface area contributed by atoms with Crippen LogP contribution in [0.3, 0.4) is 0 Å². The Hall–Kier alpha value is -3.81. The monoisotopic (exact) mass is 587 g/mol. The smallest absolute Gasteiger partial charge is 0.384 e. The minimum absolute atomic E-state index is 0.0598. The van der Waals surface area contributed by atoms with Crippen molar-refractivity contribution in [3.63, 3.8) is 0 Å². The van der Waals surface area contributed by atoms with E-state index < -0.39 is 33.3 Å². The number of halogens is 4. The summed E-state index contributed by atoms with van der Waals surface area (Å²) < 4.78 is 84.7. The molecule has 0 amide bonds. The number of hydrogen-bond acceptors (Lipinski definition) is 5. The Morgan fingerprint density at radius 1 is 1.07 bits per heavy atom. The number of alkyl halides is 3. The number of aromatic nitrogens is 4. The van der Waals surface area contributed by atoms with Crippen molar-refractivity contribution < 1.29 is 31.1 Å². The maximum Gasteiger partial charge on any atom is 0.416 e. The SMILES string of the molecule is Cn1ccnc1[C@@H](O)C12Cc3cnn(-c4ccc(F)cc4)c3C=C1CCN(S(=O)(=O)c1ccc(C(F)(F)F)cc1)C2. The zero-order chi connectivity index (χ0) is 29.2. The molecule has 41 heavy (non-hydrogen) atoms. The number of sulfonamides is 1. The van der Waals surface area contributed by atoms with Gasteiger partial charge >= 0.3 is 6.18 Å². The Labute approximate surface area is 233 Å². The topological polar surface area (TPSA) is 93.2 Å². The molecule has 2 aromatic heterocycles. The van der Waals surface area contributed by atoms with E-state index in [1.165, 1.54) is 16.4 Å². The fourth-order valence-corrected chi connectivity index (χ4v) is 7.28. The Bertz CT molecular complexity index is 1740. The molecule has 214 valence electrons. The van der Waals surface area contributed by atoms with Gasteiger partial charge in [-0.25, -0.2) is 22.5 Å². The molecule has 1 saturated heterocycles. The Morgan fingerprint density at radius 3 is 2.41 bits per heavy atom. The third kappa shape index (κ3) is 4.57. The summed E-state index contributed by atoms with van der Waals surface area (Å²) in [6.07, 6.45) is 1.43. The van der Waals surface area contributed by atoms with Gasteiger partial charge in [-0.1, -0.05) is 5.57 Å². The highest BCUT2D eigenvalue weighted by atomic mass is 32.2. The number of benzene rings is 2. The summed E-state index contributed by atoms with van der Waals surface area (Å²) in [6.45, 7) is -0.0678. The van der Waals surface area contributed by atoms with Gasteiger partial charge in [-0.3, -0.25) is 0 Å². The van der Waals surface area contributed by atoms with Crippen LogP contribution in [-0.2, 0) is 29.7 Å². The molecule has 0 radical (unpaired) electrons. The van der Waals surface area contributed by atoms with Crippen molar-refractivity contribution in [1.82, 2.24) is 23.6 Å². The van der Waals surface area contributed by atoms with Crippen molar-refractivity contribution in [2.45, 2.75) is 30.0 Å². The number of hydrogen-bond donors (Lipinski definition) is 1. The van der Waals surface area contributed by atoms with Crippen molar-refractivity contribution in [2.75, 3.05) is 13.1 Å². The van der Waals surface area contributed by atoms with E-state index in [-0.39, 0.29) is 36.6 Å². The highest BCUT2D eigenvalue weighted by Gasteiger charge is 2.51. The van der Waals surface area contributed by atoms with E-state index in [1.807, 2.05) is 6.08 Å². The second kappa shape index (κ2) is 9.64. The van der Waals surface area contributed by atoms with Crippen molar-refractivity contribution in [2.24, 2.45) is 12.5 Å². The minimum atomic E-state index is -4.60. The average molecular weight is 588 g/mol.